The van der Waals surface area contributed by atoms with E-state index in [1.807, 2.05) is 18.2 Å². The summed E-state index contributed by atoms with van der Waals surface area (Å²) in [5.74, 6) is 1.06. The van der Waals surface area contributed by atoms with E-state index >= 15 is 0 Å². The molecule has 0 aromatic heterocycles. The van der Waals surface area contributed by atoms with Crippen molar-refractivity contribution in [3.8, 4) is 0 Å². The summed E-state index contributed by atoms with van der Waals surface area (Å²) >= 11 is 0. The van der Waals surface area contributed by atoms with E-state index in [1.165, 1.54) is 12.8 Å². The number of hydrogen-bond acceptors (Lipinski definition) is 2. The van der Waals surface area contributed by atoms with Crippen molar-refractivity contribution in [2.75, 3.05) is 40.3 Å². The average Bonchev–Trinajstić information content (AvgIpc) is 3.08. The van der Waals surface area contributed by atoms with Crippen LogP contribution in [-0.4, -0.2) is 61.9 Å². The fraction of sp³-hybridized carbons (Fsp3) is 0.556. The van der Waals surface area contributed by atoms with Crippen LogP contribution < -0.4 is 5.32 Å². The SMILES string of the molecule is CCNC(=NCCc1cccc(C(=O)N(C)C)c1)N1CCCC1. The van der Waals surface area contributed by atoms with Crippen LogP contribution in [0.2, 0.25) is 0 Å². The van der Waals surface area contributed by atoms with Gasteiger partial charge in [0.15, 0.2) is 5.96 Å². The quantitative estimate of drug-likeness (QED) is 0.667. The molecule has 1 aromatic rings. The van der Waals surface area contributed by atoms with Crippen LogP contribution in [0.4, 0.5) is 0 Å². The summed E-state index contributed by atoms with van der Waals surface area (Å²) in [5.41, 5.74) is 1.89. The van der Waals surface area contributed by atoms with Crippen LogP contribution in [0.3, 0.4) is 0 Å². The molecule has 1 aromatic carbocycles. The Kier molecular flexibility index (Phi) is 6.44. The summed E-state index contributed by atoms with van der Waals surface area (Å²) < 4.78 is 0. The second-order valence-corrected chi connectivity index (χ2v) is 6.08. The van der Waals surface area contributed by atoms with Crippen molar-refractivity contribution in [2.24, 2.45) is 4.99 Å². The molecule has 0 spiro atoms. The van der Waals surface area contributed by atoms with Crippen molar-refractivity contribution in [3.05, 3.63) is 35.4 Å². The van der Waals surface area contributed by atoms with Crippen LogP contribution in [0.1, 0.15) is 35.7 Å². The Morgan fingerprint density at radius 3 is 2.70 bits per heavy atom. The summed E-state index contributed by atoms with van der Waals surface area (Å²) in [7, 11) is 3.55. The first-order chi connectivity index (χ1) is 11.1. The molecule has 0 unspecified atom stereocenters. The zero-order chi connectivity index (χ0) is 16.7. The first-order valence-corrected chi connectivity index (χ1v) is 8.45. The number of aliphatic imine (C=N–C) groups is 1. The molecule has 1 fully saturated rings. The Balaban J connectivity index is 1.97. The van der Waals surface area contributed by atoms with Crippen molar-refractivity contribution in [2.45, 2.75) is 26.2 Å². The molecule has 1 aliphatic heterocycles. The fourth-order valence-electron chi connectivity index (χ4n) is 2.76. The monoisotopic (exact) mass is 316 g/mol. The smallest absolute Gasteiger partial charge is 0.253 e. The van der Waals surface area contributed by atoms with Gasteiger partial charge in [-0.15, -0.1) is 0 Å². The molecule has 1 heterocycles. The van der Waals surface area contributed by atoms with E-state index in [-0.39, 0.29) is 5.91 Å². The lowest BCUT2D eigenvalue weighted by molar-refractivity contribution is 0.0827. The second-order valence-electron chi connectivity index (χ2n) is 6.08. The number of rotatable bonds is 5. The van der Waals surface area contributed by atoms with Crippen molar-refractivity contribution in [3.63, 3.8) is 0 Å². The molecule has 2 rings (SSSR count). The standard InChI is InChI=1S/C18H28N4O/c1-4-19-18(22-12-5-6-13-22)20-11-10-15-8-7-9-16(14-15)17(23)21(2)3/h7-9,14H,4-6,10-13H2,1-3H3,(H,19,20). The number of benzene rings is 1. The number of likely N-dealkylation sites (tertiary alicyclic amines) is 1. The van der Waals surface area contributed by atoms with E-state index in [1.54, 1.807) is 19.0 Å². The van der Waals surface area contributed by atoms with Crippen LogP contribution >= 0.6 is 0 Å². The Bertz CT molecular complexity index is 548. The summed E-state index contributed by atoms with van der Waals surface area (Å²) in [6, 6.07) is 7.84. The Hall–Kier alpha value is -2.04. The summed E-state index contributed by atoms with van der Waals surface area (Å²) in [4.78, 5) is 20.7. The van der Waals surface area contributed by atoms with Crippen LogP contribution in [0.5, 0.6) is 0 Å². The van der Waals surface area contributed by atoms with E-state index in [9.17, 15) is 4.79 Å². The van der Waals surface area contributed by atoms with Gasteiger partial charge in [-0.3, -0.25) is 9.79 Å². The zero-order valence-electron chi connectivity index (χ0n) is 14.5. The molecule has 5 heteroatoms. The fourth-order valence-corrected chi connectivity index (χ4v) is 2.76. The lowest BCUT2D eigenvalue weighted by atomic mass is 10.1. The maximum absolute atomic E-state index is 12.0. The second kappa shape index (κ2) is 8.56. The number of carbonyl (C=O) groups excluding carboxylic acids is 1. The van der Waals surface area contributed by atoms with Gasteiger partial charge < -0.3 is 15.1 Å². The Morgan fingerprint density at radius 1 is 1.30 bits per heavy atom. The molecule has 0 saturated carbocycles. The van der Waals surface area contributed by atoms with E-state index in [0.29, 0.717) is 0 Å². The normalized spacial score (nSPS) is 14.9. The van der Waals surface area contributed by atoms with Crippen molar-refractivity contribution in [1.82, 2.24) is 15.1 Å². The molecule has 0 aliphatic carbocycles. The maximum atomic E-state index is 12.0. The highest BCUT2D eigenvalue weighted by molar-refractivity contribution is 5.94. The molecule has 126 valence electrons. The maximum Gasteiger partial charge on any atom is 0.253 e. The summed E-state index contributed by atoms with van der Waals surface area (Å²) in [6.07, 6.45) is 3.34. The van der Waals surface area contributed by atoms with Crippen LogP contribution in [-0.2, 0) is 6.42 Å². The van der Waals surface area contributed by atoms with Gasteiger partial charge in [0.05, 0.1) is 0 Å². The third-order valence-electron chi connectivity index (χ3n) is 3.98. The van der Waals surface area contributed by atoms with Gasteiger partial charge in [0.1, 0.15) is 0 Å². The first kappa shape index (κ1) is 17.3. The van der Waals surface area contributed by atoms with Gasteiger partial charge in [0, 0.05) is 45.8 Å². The van der Waals surface area contributed by atoms with Gasteiger partial charge in [-0.25, -0.2) is 0 Å². The molecule has 5 nitrogen and oxygen atoms in total. The minimum absolute atomic E-state index is 0.0424. The van der Waals surface area contributed by atoms with Gasteiger partial charge in [0.2, 0.25) is 0 Å². The molecule has 0 radical (unpaired) electrons. The predicted octanol–water partition coefficient (Wildman–Crippen LogP) is 1.99. The lowest BCUT2D eigenvalue weighted by Gasteiger charge is -2.20. The van der Waals surface area contributed by atoms with E-state index < -0.39 is 0 Å². The zero-order valence-corrected chi connectivity index (χ0v) is 14.5. The topological polar surface area (TPSA) is 47.9 Å². The molecule has 1 N–H and O–H groups in total. The van der Waals surface area contributed by atoms with Crippen molar-refractivity contribution in [1.29, 1.82) is 0 Å². The van der Waals surface area contributed by atoms with Crippen molar-refractivity contribution < 1.29 is 4.79 Å². The van der Waals surface area contributed by atoms with Gasteiger partial charge in [-0.1, -0.05) is 12.1 Å². The largest absolute Gasteiger partial charge is 0.357 e. The number of nitrogens with zero attached hydrogens (tertiary/aromatic N) is 3. The Labute approximate surface area is 139 Å². The Morgan fingerprint density at radius 2 is 2.04 bits per heavy atom. The van der Waals surface area contributed by atoms with Gasteiger partial charge in [0.25, 0.3) is 5.91 Å². The number of hydrogen-bond donors (Lipinski definition) is 1. The molecule has 1 saturated heterocycles. The number of carbonyl (C=O) groups is 1. The third kappa shape index (κ3) is 4.98. The van der Waals surface area contributed by atoms with Crippen LogP contribution in [0, 0.1) is 0 Å². The minimum Gasteiger partial charge on any atom is -0.357 e. The molecule has 0 atom stereocenters. The molecule has 23 heavy (non-hydrogen) atoms. The van der Waals surface area contributed by atoms with Crippen molar-refractivity contribution >= 4 is 11.9 Å². The van der Waals surface area contributed by atoms with E-state index in [2.05, 4.69) is 23.2 Å². The van der Waals surface area contributed by atoms with Crippen LogP contribution in [0.15, 0.2) is 29.3 Å². The van der Waals surface area contributed by atoms with Crippen LogP contribution in [0.25, 0.3) is 0 Å². The van der Waals surface area contributed by atoms with Gasteiger partial charge in [-0.05, 0) is 43.9 Å². The molecule has 1 amide bonds. The number of amides is 1. The molecule has 1 aliphatic rings. The highest BCUT2D eigenvalue weighted by atomic mass is 16.2. The van der Waals surface area contributed by atoms with Gasteiger partial charge >= 0.3 is 0 Å². The van der Waals surface area contributed by atoms with E-state index in [0.717, 1.165) is 49.7 Å². The highest BCUT2D eigenvalue weighted by Gasteiger charge is 2.15. The number of guanidine groups is 1. The first-order valence-electron chi connectivity index (χ1n) is 8.45. The number of nitrogens with one attached hydrogen (secondary N) is 1. The summed E-state index contributed by atoms with van der Waals surface area (Å²) in [6.45, 7) is 5.92. The summed E-state index contributed by atoms with van der Waals surface area (Å²) in [5, 5.41) is 3.37. The van der Waals surface area contributed by atoms with Gasteiger partial charge in [-0.2, -0.15) is 0 Å². The van der Waals surface area contributed by atoms with E-state index in [4.69, 9.17) is 4.99 Å². The minimum atomic E-state index is 0.0424. The highest BCUT2D eigenvalue weighted by Crippen LogP contribution is 2.10. The average molecular weight is 316 g/mol. The third-order valence-corrected chi connectivity index (χ3v) is 3.98. The lowest BCUT2D eigenvalue weighted by Crippen LogP contribution is -2.39. The molecule has 0 bridgehead atoms. The predicted molar refractivity (Wildman–Crippen MR) is 94.9 cm³/mol. The molecular formula is C18H28N4O. The molecular weight excluding hydrogens is 288 g/mol.